The summed E-state index contributed by atoms with van der Waals surface area (Å²) >= 11 is 10.6. The van der Waals surface area contributed by atoms with Crippen molar-refractivity contribution in [3.05, 3.63) is 37.8 Å². The zero-order valence-corrected chi connectivity index (χ0v) is 15.3. The molecule has 0 unspecified atom stereocenters. The Morgan fingerprint density at radius 3 is 2.67 bits per heavy atom. The highest BCUT2D eigenvalue weighted by atomic mass is 79.9. The standard InChI is InChI=1S/C14H15BrClN3OS/c1-7-5-8(15)10(6-9(7)16)17-13(20)11-12(14(2,3)4)18-19-21-11/h5-6H,1-4H3,(H,17,20). The summed E-state index contributed by atoms with van der Waals surface area (Å²) in [6, 6.07) is 3.59. The number of carbonyl (C=O) groups is 1. The predicted octanol–water partition coefficient (Wildman–Crippen LogP) is 4.81. The second kappa shape index (κ2) is 6.02. The fourth-order valence-corrected chi connectivity index (χ4v) is 3.24. The fourth-order valence-electron chi connectivity index (χ4n) is 1.75. The maximum Gasteiger partial charge on any atom is 0.269 e. The number of rotatable bonds is 2. The summed E-state index contributed by atoms with van der Waals surface area (Å²) < 4.78 is 4.68. The average Bonchev–Trinajstić information content (AvgIpc) is 2.85. The maximum atomic E-state index is 12.4. The van der Waals surface area contributed by atoms with Crippen molar-refractivity contribution in [2.24, 2.45) is 0 Å². The first-order chi connectivity index (χ1) is 9.70. The van der Waals surface area contributed by atoms with Gasteiger partial charge in [-0.05, 0) is 52.1 Å². The zero-order chi connectivity index (χ0) is 15.8. The lowest BCUT2D eigenvalue weighted by molar-refractivity contribution is 0.102. The number of aryl methyl sites for hydroxylation is 1. The molecule has 1 amide bonds. The van der Waals surface area contributed by atoms with E-state index in [1.54, 1.807) is 6.07 Å². The molecule has 0 saturated heterocycles. The minimum absolute atomic E-state index is 0.226. The molecule has 0 radical (unpaired) electrons. The third kappa shape index (κ3) is 3.62. The second-order valence-corrected chi connectivity index (χ2v) is 7.75. The third-order valence-corrected chi connectivity index (χ3v) is 4.69. The molecule has 4 nitrogen and oxygen atoms in total. The highest BCUT2D eigenvalue weighted by Gasteiger charge is 2.26. The summed E-state index contributed by atoms with van der Waals surface area (Å²) in [6.45, 7) is 7.90. The number of aromatic nitrogens is 2. The van der Waals surface area contributed by atoms with Crippen LogP contribution in [0.4, 0.5) is 5.69 Å². The molecule has 0 aliphatic heterocycles. The Kier molecular flexibility index (Phi) is 4.70. The third-order valence-electron chi connectivity index (χ3n) is 2.90. The van der Waals surface area contributed by atoms with Crippen molar-refractivity contribution in [3.8, 4) is 0 Å². The topological polar surface area (TPSA) is 54.9 Å². The summed E-state index contributed by atoms with van der Waals surface area (Å²) in [5.74, 6) is -0.226. The molecular formula is C14H15BrClN3OS. The van der Waals surface area contributed by atoms with Crippen molar-refractivity contribution in [3.63, 3.8) is 0 Å². The van der Waals surface area contributed by atoms with Gasteiger partial charge in [0.05, 0.1) is 11.4 Å². The molecule has 0 fully saturated rings. The summed E-state index contributed by atoms with van der Waals surface area (Å²) in [7, 11) is 0. The molecule has 1 heterocycles. The first-order valence-electron chi connectivity index (χ1n) is 6.30. The van der Waals surface area contributed by atoms with Gasteiger partial charge in [0.2, 0.25) is 0 Å². The van der Waals surface area contributed by atoms with Crippen molar-refractivity contribution in [2.75, 3.05) is 5.32 Å². The first-order valence-corrected chi connectivity index (χ1v) is 8.24. The number of halogens is 2. The Morgan fingerprint density at radius 2 is 2.05 bits per heavy atom. The number of anilines is 1. The van der Waals surface area contributed by atoms with Gasteiger partial charge in [0, 0.05) is 14.9 Å². The van der Waals surface area contributed by atoms with E-state index in [0.29, 0.717) is 21.3 Å². The Balaban J connectivity index is 2.31. The molecule has 112 valence electrons. The van der Waals surface area contributed by atoms with Crippen molar-refractivity contribution < 1.29 is 4.79 Å². The molecule has 0 aliphatic carbocycles. The van der Waals surface area contributed by atoms with E-state index in [9.17, 15) is 4.79 Å². The van der Waals surface area contributed by atoms with Crippen LogP contribution in [0.25, 0.3) is 0 Å². The van der Waals surface area contributed by atoms with Crippen LogP contribution in [-0.4, -0.2) is 15.5 Å². The quantitative estimate of drug-likeness (QED) is 0.803. The van der Waals surface area contributed by atoms with Gasteiger partial charge in [0.1, 0.15) is 4.88 Å². The normalized spacial score (nSPS) is 11.5. The van der Waals surface area contributed by atoms with Gasteiger partial charge < -0.3 is 5.32 Å². The van der Waals surface area contributed by atoms with Crippen LogP contribution in [0.3, 0.4) is 0 Å². The number of nitrogens with zero attached hydrogens (tertiary/aromatic N) is 2. The number of carbonyl (C=O) groups excluding carboxylic acids is 1. The number of amides is 1. The first kappa shape index (κ1) is 16.4. The van der Waals surface area contributed by atoms with Gasteiger partial charge in [-0.3, -0.25) is 4.79 Å². The minimum Gasteiger partial charge on any atom is -0.320 e. The maximum absolute atomic E-state index is 12.4. The van der Waals surface area contributed by atoms with Crippen LogP contribution in [0.15, 0.2) is 16.6 Å². The molecule has 2 aromatic rings. The number of benzene rings is 1. The van der Waals surface area contributed by atoms with E-state index in [2.05, 4.69) is 30.8 Å². The molecule has 1 aromatic carbocycles. The zero-order valence-electron chi connectivity index (χ0n) is 12.1. The number of hydrogen-bond acceptors (Lipinski definition) is 4. The molecule has 0 atom stereocenters. The van der Waals surface area contributed by atoms with E-state index in [1.807, 2.05) is 33.8 Å². The van der Waals surface area contributed by atoms with Gasteiger partial charge >= 0.3 is 0 Å². The van der Waals surface area contributed by atoms with Crippen LogP contribution in [0.5, 0.6) is 0 Å². The molecule has 0 spiro atoms. The molecule has 21 heavy (non-hydrogen) atoms. The lowest BCUT2D eigenvalue weighted by Gasteiger charge is -2.16. The fraction of sp³-hybridized carbons (Fsp3) is 0.357. The summed E-state index contributed by atoms with van der Waals surface area (Å²) in [5, 5.41) is 7.53. The van der Waals surface area contributed by atoms with Crippen molar-refractivity contribution >= 4 is 50.7 Å². The smallest absolute Gasteiger partial charge is 0.269 e. The molecule has 0 saturated carbocycles. The van der Waals surface area contributed by atoms with Crippen LogP contribution in [0.2, 0.25) is 5.02 Å². The van der Waals surface area contributed by atoms with Gasteiger partial charge in [-0.1, -0.05) is 36.9 Å². The van der Waals surface area contributed by atoms with Gasteiger partial charge in [0.25, 0.3) is 5.91 Å². The minimum atomic E-state index is -0.234. The van der Waals surface area contributed by atoms with E-state index in [-0.39, 0.29) is 11.3 Å². The van der Waals surface area contributed by atoms with Gasteiger partial charge in [-0.2, -0.15) is 0 Å². The van der Waals surface area contributed by atoms with E-state index in [1.165, 1.54) is 0 Å². The second-order valence-electron chi connectivity index (χ2n) is 5.74. The summed E-state index contributed by atoms with van der Waals surface area (Å²) in [4.78, 5) is 13.0. The van der Waals surface area contributed by atoms with Gasteiger partial charge in [0.15, 0.2) is 0 Å². The van der Waals surface area contributed by atoms with Crippen LogP contribution >= 0.6 is 39.1 Å². The molecule has 7 heteroatoms. The van der Waals surface area contributed by atoms with E-state index in [0.717, 1.165) is 21.6 Å². The average molecular weight is 389 g/mol. The van der Waals surface area contributed by atoms with Crippen LogP contribution in [-0.2, 0) is 5.41 Å². The Labute approximate surface area is 141 Å². The van der Waals surface area contributed by atoms with E-state index in [4.69, 9.17) is 11.6 Å². The molecular weight excluding hydrogens is 374 g/mol. The van der Waals surface area contributed by atoms with Crippen LogP contribution < -0.4 is 5.32 Å². The molecule has 1 aromatic heterocycles. The monoisotopic (exact) mass is 387 g/mol. The lowest BCUT2D eigenvalue weighted by Crippen LogP contribution is -2.20. The largest absolute Gasteiger partial charge is 0.320 e. The van der Waals surface area contributed by atoms with Gasteiger partial charge in [-0.15, -0.1) is 5.10 Å². The lowest BCUT2D eigenvalue weighted by atomic mass is 9.91. The number of nitrogens with one attached hydrogen (secondary N) is 1. The Bertz CT molecular complexity index is 694. The van der Waals surface area contributed by atoms with Crippen molar-refractivity contribution in [1.29, 1.82) is 0 Å². The Hall–Kier alpha value is -0.980. The summed E-state index contributed by atoms with van der Waals surface area (Å²) in [6.07, 6.45) is 0. The predicted molar refractivity (Wildman–Crippen MR) is 90.5 cm³/mol. The Morgan fingerprint density at radius 1 is 1.38 bits per heavy atom. The molecule has 2 rings (SSSR count). The highest BCUT2D eigenvalue weighted by molar-refractivity contribution is 9.10. The molecule has 1 N–H and O–H groups in total. The molecule has 0 bridgehead atoms. The van der Waals surface area contributed by atoms with Crippen LogP contribution in [0, 0.1) is 6.92 Å². The highest BCUT2D eigenvalue weighted by Crippen LogP contribution is 2.31. The number of hydrogen-bond donors (Lipinski definition) is 1. The molecule has 0 aliphatic rings. The van der Waals surface area contributed by atoms with Crippen LogP contribution in [0.1, 0.15) is 41.7 Å². The SMILES string of the molecule is Cc1cc(Br)c(NC(=O)c2snnc2C(C)(C)C)cc1Cl. The van der Waals surface area contributed by atoms with Gasteiger partial charge in [-0.25, -0.2) is 0 Å². The van der Waals surface area contributed by atoms with Crippen molar-refractivity contribution in [2.45, 2.75) is 33.1 Å². The van der Waals surface area contributed by atoms with E-state index >= 15 is 0 Å². The summed E-state index contributed by atoms with van der Waals surface area (Å²) in [5.41, 5.74) is 2.03. The van der Waals surface area contributed by atoms with E-state index < -0.39 is 0 Å². The van der Waals surface area contributed by atoms with Crippen molar-refractivity contribution in [1.82, 2.24) is 9.59 Å².